The molecule has 0 bridgehead atoms. The quantitative estimate of drug-likeness (QED) is 0.627. The molecule has 17 heavy (non-hydrogen) atoms. The van der Waals surface area contributed by atoms with Crippen LogP contribution in [-0.2, 0) is 20.9 Å². The number of esters is 1. The number of hydrogen-bond donors (Lipinski definition) is 1. The van der Waals surface area contributed by atoms with Crippen molar-refractivity contribution in [2.24, 2.45) is 5.92 Å². The zero-order chi connectivity index (χ0) is 12.1. The Bertz CT molecular complexity index is 400. The van der Waals surface area contributed by atoms with Gasteiger partial charge in [-0.2, -0.15) is 0 Å². The molecule has 2 rings (SSSR count). The molecule has 1 aliphatic rings. The largest absolute Gasteiger partial charge is 0.516 e. The van der Waals surface area contributed by atoms with Crippen molar-refractivity contribution in [3.63, 3.8) is 0 Å². The molecular weight excluding hydrogens is 222 g/mol. The number of benzene rings is 1. The fraction of sp³-hybridized carbons (Fsp3) is 0.333. The molecule has 0 aliphatic carbocycles. The lowest BCUT2D eigenvalue weighted by molar-refractivity contribution is -0.146. The SMILES string of the molecule is O=C(OCc1ccccc1)OC(=O)C1CNC1. The van der Waals surface area contributed by atoms with E-state index in [2.05, 4.69) is 10.1 Å². The second-order valence-corrected chi connectivity index (χ2v) is 3.80. The van der Waals surface area contributed by atoms with E-state index in [9.17, 15) is 9.59 Å². The molecule has 1 aliphatic heterocycles. The molecule has 1 saturated heterocycles. The Morgan fingerprint density at radius 3 is 2.53 bits per heavy atom. The van der Waals surface area contributed by atoms with E-state index in [4.69, 9.17) is 4.74 Å². The summed E-state index contributed by atoms with van der Waals surface area (Å²) in [6, 6.07) is 9.20. The first kappa shape index (κ1) is 11.6. The fourth-order valence-electron chi connectivity index (χ4n) is 1.37. The minimum Gasteiger partial charge on any atom is -0.429 e. The molecule has 0 saturated carbocycles. The summed E-state index contributed by atoms with van der Waals surface area (Å²) in [6.07, 6.45) is -0.939. The van der Waals surface area contributed by atoms with Gasteiger partial charge >= 0.3 is 12.1 Å². The number of hydrogen-bond acceptors (Lipinski definition) is 5. The van der Waals surface area contributed by atoms with Crippen molar-refractivity contribution in [2.75, 3.05) is 13.1 Å². The first-order chi connectivity index (χ1) is 8.25. The second-order valence-electron chi connectivity index (χ2n) is 3.80. The standard InChI is InChI=1S/C12H13NO4/c14-11(10-6-13-7-10)17-12(15)16-8-9-4-2-1-3-5-9/h1-5,10,13H,6-8H2. The molecule has 1 heterocycles. The lowest BCUT2D eigenvalue weighted by Gasteiger charge is -2.23. The molecule has 90 valence electrons. The third-order valence-electron chi connectivity index (χ3n) is 2.50. The predicted molar refractivity (Wildman–Crippen MR) is 59.1 cm³/mol. The van der Waals surface area contributed by atoms with Crippen molar-refractivity contribution in [1.82, 2.24) is 5.32 Å². The molecule has 5 heteroatoms. The molecule has 0 unspecified atom stereocenters. The second kappa shape index (κ2) is 5.45. The van der Waals surface area contributed by atoms with Gasteiger partial charge in [-0.15, -0.1) is 0 Å². The van der Waals surface area contributed by atoms with Crippen LogP contribution in [0.4, 0.5) is 4.79 Å². The van der Waals surface area contributed by atoms with Crippen LogP contribution >= 0.6 is 0 Å². The van der Waals surface area contributed by atoms with E-state index in [1.807, 2.05) is 30.3 Å². The lowest BCUT2D eigenvalue weighted by Crippen LogP contribution is -2.47. The van der Waals surface area contributed by atoms with Crippen LogP contribution in [0, 0.1) is 5.92 Å². The van der Waals surface area contributed by atoms with Crippen LogP contribution in [0.1, 0.15) is 5.56 Å². The van der Waals surface area contributed by atoms with Gasteiger partial charge < -0.3 is 14.8 Å². The van der Waals surface area contributed by atoms with Crippen LogP contribution in [0.25, 0.3) is 0 Å². The number of carbonyl (C=O) groups is 2. The van der Waals surface area contributed by atoms with E-state index < -0.39 is 12.1 Å². The molecular formula is C12H13NO4. The van der Waals surface area contributed by atoms with Crippen molar-refractivity contribution in [2.45, 2.75) is 6.61 Å². The molecule has 0 radical (unpaired) electrons. The lowest BCUT2D eigenvalue weighted by atomic mass is 10.0. The Hall–Kier alpha value is -1.88. The topological polar surface area (TPSA) is 64.6 Å². The van der Waals surface area contributed by atoms with Crippen LogP contribution in [-0.4, -0.2) is 25.2 Å². The molecule has 1 fully saturated rings. The highest BCUT2D eigenvalue weighted by molar-refractivity contribution is 5.84. The van der Waals surface area contributed by atoms with Crippen molar-refractivity contribution in [1.29, 1.82) is 0 Å². The third kappa shape index (κ3) is 3.29. The fourth-order valence-corrected chi connectivity index (χ4v) is 1.37. The Morgan fingerprint density at radius 2 is 1.94 bits per heavy atom. The average Bonchev–Trinajstić information content (AvgIpc) is 2.25. The Morgan fingerprint density at radius 1 is 1.24 bits per heavy atom. The maximum atomic E-state index is 11.3. The predicted octanol–water partition coefficient (Wildman–Crippen LogP) is 1.09. The van der Waals surface area contributed by atoms with Gasteiger partial charge in [-0.1, -0.05) is 30.3 Å². The van der Waals surface area contributed by atoms with Gasteiger partial charge in [0, 0.05) is 13.1 Å². The van der Waals surface area contributed by atoms with E-state index in [1.54, 1.807) is 0 Å². The van der Waals surface area contributed by atoms with Gasteiger partial charge in [-0.25, -0.2) is 4.79 Å². The minimum absolute atomic E-state index is 0.107. The Balaban J connectivity index is 1.72. The summed E-state index contributed by atoms with van der Waals surface area (Å²) in [5.74, 6) is -0.749. The molecule has 0 amide bonds. The summed E-state index contributed by atoms with van der Waals surface area (Å²) >= 11 is 0. The van der Waals surface area contributed by atoms with Crippen molar-refractivity contribution >= 4 is 12.1 Å². The Kier molecular flexibility index (Phi) is 3.72. The zero-order valence-electron chi connectivity index (χ0n) is 9.22. The van der Waals surface area contributed by atoms with Crippen LogP contribution in [0.5, 0.6) is 0 Å². The summed E-state index contributed by atoms with van der Waals surface area (Å²) in [4.78, 5) is 22.5. The zero-order valence-corrected chi connectivity index (χ0v) is 9.22. The monoisotopic (exact) mass is 235 g/mol. The van der Waals surface area contributed by atoms with E-state index in [1.165, 1.54) is 0 Å². The van der Waals surface area contributed by atoms with E-state index in [-0.39, 0.29) is 12.5 Å². The maximum absolute atomic E-state index is 11.3. The molecule has 0 aromatic heterocycles. The van der Waals surface area contributed by atoms with Crippen molar-refractivity contribution in [3.05, 3.63) is 35.9 Å². The maximum Gasteiger partial charge on any atom is 0.516 e. The van der Waals surface area contributed by atoms with Crippen LogP contribution < -0.4 is 5.32 Å². The summed E-state index contributed by atoms with van der Waals surface area (Å²) in [6.45, 7) is 1.23. The van der Waals surface area contributed by atoms with Gasteiger partial charge in [0.1, 0.15) is 6.61 Å². The smallest absolute Gasteiger partial charge is 0.429 e. The van der Waals surface area contributed by atoms with Gasteiger partial charge in [0.15, 0.2) is 0 Å². The van der Waals surface area contributed by atoms with E-state index in [0.717, 1.165) is 5.56 Å². The van der Waals surface area contributed by atoms with Gasteiger partial charge in [0.25, 0.3) is 0 Å². The highest BCUT2D eigenvalue weighted by Crippen LogP contribution is 2.07. The van der Waals surface area contributed by atoms with E-state index >= 15 is 0 Å². The van der Waals surface area contributed by atoms with Gasteiger partial charge in [0.2, 0.25) is 0 Å². The molecule has 1 N–H and O–H groups in total. The van der Waals surface area contributed by atoms with Gasteiger partial charge in [-0.05, 0) is 5.56 Å². The van der Waals surface area contributed by atoms with Crippen molar-refractivity contribution < 1.29 is 19.1 Å². The minimum atomic E-state index is -0.939. The normalized spacial score (nSPS) is 14.8. The molecule has 0 atom stereocenters. The molecule has 1 aromatic rings. The number of ether oxygens (including phenoxy) is 2. The number of rotatable bonds is 3. The van der Waals surface area contributed by atoms with E-state index in [0.29, 0.717) is 13.1 Å². The molecule has 1 aromatic carbocycles. The molecule has 0 spiro atoms. The van der Waals surface area contributed by atoms with Gasteiger partial charge in [0.05, 0.1) is 5.92 Å². The molecule has 5 nitrogen and oxygen atoms in total. The summed E-state index contributed by atoms with van der Waals surface area (Å²) in [7, 11) is 0. The van der Waals surface area contributed by atoms with Crippen LogP contribution in [0.15, 0.2) is 30.3 Å². The first-order valence-corrected chi connectivity index (χ1v) is 5.39. The first-order valence-electron chi connectivity index (χ1n) is 5.39. The summed E-state index contributed by atoms with van der Waals surface area (Å²) in [5, 5.41) is 2.92. The average molecular weight is 235 g/mol. The highest BCUT2D eigenvalue weighted by Gasteiger charge is 2.28. The van der Waals surface area contributed by atoms with Crippen LogP contribution in [0.3, 0.4) is 0 Å². The summed E-state index contributed by atoms with van der Waals surface area (Å²) in [5.41, 5.74) is 0.849. The number of carbonyl (C=O) groups excluding carboxylic acids is 2. The number of nitrogens with one attached hydrogen (secondary N) is 1. The van der Waals surface area contributed by atoms with Gasteiger partial charge in [-0.3, -0.25) is 4.79 Å². The third-order valence-corrected chi connectivity index (χ3v) is 2.50. The summed E-state index contributed by atoms with van der Waals surface area (Å²) < 4.78 is 9.35. The van der Waals surface area contributed by atoms with Crippen molar-refractivity contribution in [3.8, 4) is 0 Å². The highest BCUT2D eigenvalue weighted by atomic mass is 16.7. The Labute approximate surface area is 98.7 Å². The van der Waals surface area contributed by atoms with Crippen LogP contribution in [0.2, 0.25) is 0 Å².